The lowest BCUT2D eigenvalue weighted by molar-refractivity contribution is -0.0392. The summed E-state index contributed by atoms with van der Waals surface area (Å²) >= 11 is 0. The van der Waals surface area contributed by atoms with Crippen molar-refractivity contribution in [3.63, 3.8) is 0 Å². The number of hydrogen-bond donors (Lipinski definition) is 0. The van der Waals surface area contributed by atoms with Crippen molar-refractivity contribution < 1.29 is 4.74 Å². The molecule has 2 aromatic heterocycles. The first-order valence-corrected chi connectivity index (χ1v) is 8.35. The van der Waals surface area contributed by atoms with Crippen LogP contribution in [0.1, 0.15) is 50.0 Å². The molecule has 0 radical (unpaired) electrons. The summed E-state index contributed by atoms with van der Waals surface area (Å²) in [5.41, 5.74) is 2.27. The number of morpholine rings is 1. The van der Waals surface area contributed by atoms with E-state index in [1.807, 2.05) is 4.57 Å². The van der Waals surface area contributed by atoms with Crippen molar-refractivity contribution in [2.75, 3.05) is 19.7 Å². The van der Waals surface area contributed by atoms with Crippen molar-refractivity contribution in [1.29, 1.82) is 0 Å². The predicted octanol–water partition coefficient (Wildman–Crippen LogP) is 2.39. The first-order valence-electron chi connectivity index (χ1n) is 8.35. The van der Waals surface area contributed by atoms with Gasteiger partial charge >= 0.3 is 0 Å². The number of rotatable bonds is 5. The molecule has 1 fully saturated rings. The minimum atomic E-state index is -0.0144. The van der Waals surface area contributed by atoms with Gasteiger partial charge in [0, 0.05) is 31.9 Å². The van der Waals surface area contributed by atoms with E-state index < -0.39 is 0 Å². The molecule has 1 saturated heterocycles. The van der Waals surface area contributed by atoms with E-state index in [9.17, 15) is 0 Å². The Labute approximate surface area is 137 Å². The van der Waals surface area contributed by atoms with Crippen LogP contribution >= 0.6 is 0 Å². The van der Waals surface area contributed by atoms with Crippen LogP contribution in [0, 0.1) is 0 Å². The maximum absolute atomic E-state index is 5.91. The van der Waals surface area contributed by atoms with Crippen molar-refractivity contribution in [3.8, 4) is 0 Å². The van der Waals surface area contributed by atoms with Gasteiger partial charge in [-0.05, 0) is 25.0 Å². The van der Waals surface area contributed by atoms with Crippen LogP contribution in [0.2, 0.25) is 0 Å². The summed E-state index contributed by atoms with van der Waals surface area (Å²) in [6.45, 7) is 10.6. The standard InChI is InChI=1S/C17H25N5O/c1-4-22-12-18-20-17(22)16-11-21(8-9-23-16)10-14-6-5-7-15(19-14)13(2)3/h5-7,12-13,16H,4,8-11H2,1-3H3/t16-/m0/s1. The average molecular weight is 315 g/mol. The third kappa shape index (κ3) is 3.76. The van der Waals surface area contributed by atoms with Gasteiger partial charge in [0.05, 0.1) is 12.3 Å². The van der Waals surface area contributed by atoms with Crippen LogP contribution in [0.5, 0.6) is 0 Å². The van der Waals surface area contributed by atoms with E-state index >= 15 is 0 Å². The third-order valence-corrected chi connectivity index (χ3v) is 4.23. The fraction of sp³-hybridized carbons (Fsp3) is 0.588. The lowest BCUT2D eigenvalue weighted by Crippen LogP contribution is -2.39. The molecule has 3 rings (SSSR count). The zero-order chi connectivity index (χ0) is 16.2. The van der Waals surface area contributed by atoms with Gasteiger partial charge in [-0.2, -0.15) is 0 Å². The number of aromatic nitrogens is 4. The fourth-order valence-electron chi connectivity index (χ4n) is 2.90. The summed E-state index contributed by atoms with van der Waals surface area (Å²) in [5, 5.41) is 8.25. The summed E-state index contributed by atoms with van der Waals surface area (Å²) in [6, 6.07) is 6.30. The maximum Gasteiger partial charge on any atom is 0.163 e. The van der Waals surface area contributed by atoms with Crippen LogP contribution < -0.4 is 0 Å². The second-order valence-corrected chi connectivity index (χ2v) is 6.28. The minimum Gasteiger partial charge on any atom is -0.368 e. The molecular formula is C17H25N5O. The zero-order valence-electron chi connectivity index (χ0n) is 14.1. The predicted molar refractivity (Wildman–Crippen MR) is 88.0 cm³/mol. The first-order chi connectivity index (χ1) is 11.2. The van der Waals surface area contributed by atoms with E-state index in [1.54, 1.807) is 6.33 Å². The second-order valence-electron chi connectivity index (χ2n) is 6.28. The SMILES string of the molecule is CCn1cnnc1[C@@H]1CN(Cc2cccc(C(C)C)n2)CCO1. The average Bonchev–Trinajstić information content (AvgIpc) is 3.04. The van der Waals surface area contributed by atoms with E-state index in [4.69, 9.17) is 9.72 Å². The monoisotopic (exact) mass is 315 g/mol. The smallest absolute Gasteiger partial charge is 0.163 e. The molecule has 3 heterocycles. The molecule has 0 bridgehead atoms. The Morgan fingerprint density at radius 3 is 3.00 bits per heavy atom. The van der Waals surface area contributed by atoms with Crippen LogP contribution in [0.15, 0.2) is 24.5 Å². The van der Waals surface area contributed by atoms with E-state index in [1.165, 1.54) is 0 Å². The molecule has 23 heavy (non-hydrogen) atoms. The molecule has 2 aromatic rings. The normalized spacial score (nSPS) is 19.4. The molecule has 0 aromatic carbocycles. The van der Waals surface area contributed by atoms with Crippen LogP contribution in [0.25, 0.3) is 0 Å². The van der Waals surface area contributed by atoms with Gasteiger partial charge in [0.15, 0.2) is 5.82 Å². The highest BCUT2D eigenvalue weighted by molar-refractivity contribution is 5.14. The Kier molecular flexibility index (Phi) is 5.03. The Morgan fingerprint density at radius 1 is 1.35 bits per heavy atom. The quantitative estimate of drug-likeness (QED) is 0.848. The lowest BCUT2D eigenvalue weighted by atomic mass is 10.1. The molecule has 0 saturated carbocycles. The second kappa shape index (κ2) is 7.19. The summed E-state index contributed by atoms with van der Waals surface area (Å²) in [4.78, 5) is 7.16. The van der Waals surface area contributed by atoms with Crippen LogP contribution in [-0.2, 0) is 17.8 Å². The van der Waals surface area contributed by atoms with Crippen molar-refractivity contribution in [2.45, 2.75) is 45.9 Å². The lowest BCUT2D eigenvalue weighted by Gasteiger charge is -2.32. The third-order valence-electron chi connectivity index (χ3n) is 4.23. The molecule has 0 amide bonds. The molecule has 6 nitrogen and oxygen atoms in total. The number of ether oxygens (including phenoxy) is 1. The highest BCUT2D eigenvalue weighted by Gasteiger charge is 2.26. The molecule has 0 spiro atoms. The molecule has 0 N–H and O–H groups in total. The Bertz CT molecular complexity index is 639. The van der Waals surface area contributed by atoms with Gasteiger partial charge in [-0.3, -0.25) is 9.88 Å². The molecule has 1 aliphatic rings. The number of pyridine rings is 1. The van der Waals surface area contributed by atoms with Gasteiger partial charge in [0.1, 0.15) is 12.4 Å². The Balaban J connectivity index is 1.68. The zero-order valence-corrected chi connectivity index (χ0v) is 14.1. The summed E-state index contributed by atoms with van der Waals surface area (Å²) in [7, 11) is 0. The van der Waals surface area contributed by atoms with Crippen molar-refractivity contribution >= 4 is 0 Å². The van der Waals surface area contributed by atoms with Crippen molar-refractivity contribution in [2.24, 2.45) is 0 Å². The molecular weight excluding hydrogens is 290 g/mol. The van der Waals surface area contributed by atoms with Gasteiger partial charge in [0.2, 0.25) is 0 Å². The molecule has 1 aliphatic heterocycles. The van der Waals surface area contributed by atoms with Gasteiger partial charge in [-0.1, -0.05) is 19.9 Å². The fourth-order valence-corrected chi connectivity index (χ4v) is 2.90. The van der Waals surface area contributed by atoms with Crippen molar-refractivity contribution in [3.05, 3.63) is 41.7 Å². The van der Waals surface area contributed by atoms with E-state index in [-0.39, 0.29) is 6.10 Å². The van der Waals surface area contributed by atoms with Crippen LogP contribution in [0.4, 0.5) is 0 Å². The van der Waals surface area contributed by atoms with Gasteiger partial charge in [0.25, 0.3) is 0 Å². The largest absolute Gasteiger partial charge is 0.368 e. The van der Waals surface area contributed by atoms with Gasteiger partial charge in [-0.15, -0.1) is 10.2 Å². The highest BCUT2D eigenvalue weighted by atomic mass is 16.5. The molecule has 1 atom stereocenters. The highest BCUT2D eigenvalue weighted by Crippen LogP contribution is 2.22. The Hall–Kier alpha value is -1.79. The van der Waals surface area contributed by atoms with Gasteiger partial charge < -0.3 is 9.30 Å². The van der Waals surface area contributed by atoms with Crippen LogP contribution in [0.3, 0.4) is 0 Å². The van der Waals surface area contributed by atoms with Gasteiger partial charge in [-0.25, -0.2) is 0 Å². The summed E-state index contributed by atoms with van der Waals surface area (Å²) in [6.07, 6.45) is 1.75. The molecule has 0 aliphatic carbocycles. The van der Waals surface area contributed by atoms with Crippen LogP contribution in [-0.4, -0.2) is 44.3 Å². The summed E-state index contributed by atoms with van der Waals surface area (Å²) < 4.78 is 7.96. The van der Waals surface area contributed by atoms with Crippen molar-refractivity contribution in [1.82, 2.24) is 24.6 Å². The maximum atomic E-state index is 5.91. The molecule has 124 valence electrons. The first kappa shape index (κ1) is 16.1. The number of nitrogens with zero attached hydrogens (tertiary/aromatic N) is 5. The van der Waals surface area contributed by atoms with E-state index in [2.05, 4.69) is 54.1 Å². The Morgan fingerprint density at radius 2 is 2.22 bits per heavy atom. The summed E-state index contributed by atoms with van der Waals surface area (Å²) in [5.74, 6) is 1.37. The van der Waals surface area contributed by atoms with E-state index in [0.29, 0.717) is 12.5 Å². The number of aryl methyl sites for hydroxylation is 1. The van der Waals surface area contributed by atoms with E-state index in [0.717, 1.165) is 43.4 Å². The minimum absolute atomic E-state index is 0.0144. The molecule has 0 unspecified atom stereocenters. The number of hydrogen-bond acceptors (Lipinski definition) is 5. The topological polar surface area (TPSA) is 56.1 Å². The molecule has 6 heteroatoms.